The SMILES string of the molecule is [Br-].c1ccc(Cn2c[n+](-c3c(-c4ccccc4)c[nH]c3-c3ccccc3)cn2)cc1. The number of benzene rings is 3. The van der Waals surface area contributed by atoms with Crippen LogP contribution >= 0.6 is 0 Å². The highest BCUT2D eigenvalue weighted by atomic mass is 79.9. The number of hydrogen-bond acceptors (Lipinski definition) is 1. The lowest BCUT2D eigenvalue weighted by Gasteiger charge is -2.05. The van der Waals surface area contributed by atoms with Crippen LogP contribution in [-0.4, -0.2) is 14.8 Å². The Labute approximate surface area is 186 Å². The van der Waals surface area contributed by atoms with E-state index >= 15 is 0 Å². The molecule has 0 saturated carbocycles. The van der Waals surface area contributed by atoms with Gasteiger partial charge in [0.1, 0.15) is 12.2 Å². The first-order valence-corrected chi connectivity index (χ1v) is 9.69. The molecule has 4 nitrogen and oxygen atoms in total. The van der Waals surface area contributed by atoms with E-state index in [-0.39, 0.29) is 17.0 Å². The summed E-state index contributed by atoms with van der Waals surface area (Å²) in [6, 6.07) is 31.2. The third-order valence-corrected chi connectivity index (χ3v) is 5.03. The van der Waals surface area contributed by atoms with E-state index in [9.17, 15) is 0 Å². The van der Waals surface area contributed by atoms with Gasteiger partial charge in [-0.15, -0.1) is 4.68 Å². The van der Waals surface area contributed by atoms with E-state index in [0.29, 0.717) is 0 Å². The Kier molecular flexibility index (Phi) is 5.91. The molecule has 2 aromatic heterocycles. The second kappa shape index (κ2) is 8.93. The van der Waals surface area contributed by atoms with Gasteiger partial charge in [0.25, 0.3) is 6.33 Å². The number of halogens is 1. The summed E-state index contributed by atoms with van der Waals surface area (Å²) in [7, 11) is 0. The predicted octanol–water partition coefficient (Wildman–Crippen LogP) is 1.87. The third-order valence-electron chi connectivity index (χ3n) is 5.03. The van der Waals surface area contributed by atoms with E-state index in [2.05, 4.69) is 100.0 Å². The molecule has 0 spiro atoms. The van der Waals surface area contributed by atoms with Crippen LogP contribution in [0.15, 0.2) is 110 Å². The summed E-state index contributed by atoms with van der Waals surface area (Å²) in [6.45, 7) is 0.736. The number of rotatable bonds is 5. The zero-order chi connectivity index (χ0) is 19.5. The van der Waals surface area contributed by atoms with Crippen LogP contribution in [0.4, 0.5) is 0 Å². The van der Waals surface area contributed by atoms with Crippen molar-refractivity contribution in [1.82, 2.24) is 14.8 Å². The van der Waals surface area contributed by atoms with Gasteiger partial charge < -0.3 is 22.0 Å². The maximum Gasteiger partial charge on any atom is 0.270 e. The molecule has 148 valence electrons. The molecule has 0 fully saturated rings. The topological polar surface area (TPSA) is 37.5 Å². The van der Waals surface area contributed by atoms with E-state index in [4.69, 9.17) is 0 Å². The monoisotopic (exact) mass is 456 g/mol. The molecule has 5 rings (SSSR count). The summed E-state index contributed by atoms with van der Waals surface area (Å²) >= 11 is 0. The maximum absolute atomic E-state index is 4.60. The van der Waals surface area contributed by atoms with Crippen molar-refractivity contribution in [2.45, 2.75) is 6.54 Å². The molecule has 1 N–H and O–H groups in total. The van der Waals surface area contributed by atoms with Crippen LogP contribution in [-0.2, 0) is 6.54 Å². The normalized spacial score (nSPS) is 10.5. The number of aromatic nitrogens is 4. The van der Waals surface area contributed by atoms with Crippen LogP contribution in [0.25, 0.3) is 28.1 Å². The molecule has 0 radical (unpaired) electrons. The summed E-state index contributed by atoms with van der Waals surface area (Å²) in [5.41, 5.74) is 6.87. The predicted molar refractivity (Wildman–Crippen MR) is 115 cm³/mol. The van der Waals surface area contributed by atoms with E-state index in [1.165, 1.54) is 11.1 Å². The molecule has 30 heavy (non-hydrogen) atoms. The highest BCUT2D eigenvalue weighted by Gasteiger charge is 2.21. The molecule has 0 saturated heterocycles. The van der Waals surface area contributed by atoms with Crippen molar-refractivity contribution in [3.63, 3.8) is 0 Å². The van der Waals surface area contributed by atoms with Crippen LogP contribution < -0.4 is 21.5 Å². The quantitative estimate of drug-likeness (QED) is 0.402. The van der Waals surface area contributed by atoms with Crippen molar-refractivity contribution in [1.29, 1.82) is 0 Å². The third kappa shape index (κ3) is 3.98. The number of nitrogens with zero attached hydrogens (tertiary/aromatic N) is 3. The lowest BCUT2D eigenvalue weighted by Crippen LogP contribution is -3.00. The van der Waals surface area contributed by atoms with Gasteiger partial charge in [-0.25, -0.2) is 4.57 Å². The van der Waals surface area contributed by atoms with Crippen LogP contribution in [0.2, 0.25) is 0 Å². The first-order valence-electron chi connectivity index (χ1n) is 9.69. The molecule has 0 unspecified atom stereocenters. The molecule has 2 heterocycles. The Morgan fingerprint density at radius 2 is 1.37 bits per heavy atom. The Balaban J connectivity index is 0.00000218. The van der Waals surface area contributed by atoms with Crippen LogP contribution in [0.3, 0.4) is 0 Å². The van der Waals surface area contributed by atoms with Gasteiger partial charge in [-0.05, 0) is 11.1 Å². The van der Waals surface area contributed by atoms with E-state index in [1.54, 1.807) is 0 Å². The van der Waals surface area contributed by atoms with Crippen molar-refractivity contribution in [3.05, 3.63) is 115 Å². The smallest absolute Gasteiger partial charge is 0.270 e. The Morgan fingerprint density at radius 3 is 2.03 bits per heavy atom. The molecule has 5 heteroatoms. The fraction of sp³-hybridized carbons (Fsp3) is 0.0400. The second-order valence-corrected chi connectivity index (χ2v) is 6.99. The number of aromatic amines is 1. The highest BCUT2D eigenvalue weighted by Crippen LogP contribution is 2.32. The summed E-state index contributed by atoms with van der Waals surface area (Å²) < 4.78 is 4.07. The van der Waals surface area contributed by atoms with Gasteiger partial charge in [0.05, 0.1) is 5.69 Å². The maximum atomic E-state index is 4.60. The molecule has 3 aromatic carbocycles. The fourth-order valence-electron chi connectivity index (χ4n) is 3.64. The number of nitrogens with one attached hydrogen (secondary N) is 1. The van der Waals surface area contributed by atoms with Crippen LogP contribution in [0.5, 0.6) is 0 Å². The molecular formula is C25H21BrN4. The van der Waals surface area contributed by atoms with Gasteiger partial charge in [-0.1, -0.05) is 91.0 Å². The van der Waals surface area contributed by atoms with Crippen molar-refractivity contribution in [3.8, 4) is 28.1 Å². The number of H-pyrrole nitrogens is 1. The molecule has 0 aliphatic heterocycles. The number of hydrogen-bond donors (Lipinski definition) is 1. The molecule has 0 aliphatic carbocycles. The zero-order valence-corrected chi connectivity index (χ0v) is 17.9. The summed E-state index contributed by atoms with van der Waals surface area (Å²) in [5.74, 6) is 0. The van der Waals surface area contributed by atoms with Crippen molar-refractivity contribution < 1.29 is 21.5 Å². The zero-order valence-electron chi connectivity index (χ0n) is 16.3. The van der Waals surface area contributed by atoms with Gasteiger partial charge in [0.2, 0.25) is 6.33 Å². The first kappa shape index (κ1) is 19.9. The molecule has 0 amide bonds. The fourth-order valence-corrected chi connectivity index (χ4v) is 3.64. The minimum atomic E-state index is 0. The molecule has 0 bridgehead atoms. The lowest BCUT2D eigenvalue weighted by atomic mass is 10.0. The first-order chi connectivity index (χ1) is 14.4. The molecule has 5 aromatic rings. The molecule has 0 atom stereocenters. The Bertz CT molecular complexity index is 1160. The Morgan fingerprint density at radius 1 is 0.767 bits per heavy atom. The Hall–Kier alpha value is -3.44. The standard InChI is InChI=1S/C25H21N4.BrH/c1-4-10-20(11-5-1)17-29-19-28(18-27-29)25-23(21-12-6-2-7-13-21)16-26-24(25)22-14-8-3-9-15-22;/h1-16,18-19,26H,17H2;1H/q+1;/p-1. The van der Waals surface area contributed by atoms with Gasteiger partial charge in [0.15, 0.2) is 0 Å². The lowest BCUT2D eigenvalue weighted by molar-refractivity contribution is -0.595. The minimum absolute atomic E-state index is 0. The van der Waals surface area contributed by atoms with E-state index in [0.717, 1.165) is 29.1 Å². The van der Waals surface area contributed by atoms with Gasteiger partial charge >= 0.3 is 0 Å². The summed E-state index contributed by atoms with van der Waals surface area (Å²) in [6.07, 6.45) is 6.01. The van der Waals surface area contributed by atoms with Gasteiger partial charge in [-0.3, -0.25) is 0 Å². The average molecular weight is 457 g/mol. The molecular weight excluding hydrogens is 436 g/mol. The highest BCUT2D eigenvalue weighted by molar-refractivity contribution is 5.81. The summed E-state index contributed by atoms with van der Waals surface area (Å²) in [4.78, 5) is 3.49. The van der Waals surface area contributed by atoms with Crippen molar-refractivity contribution in [2.24, 2.45) is 0 Å². The second-order valence-electron chi connectivity index (χ2n) is 6.99. The van der Waals surface area contributed by atoms with E-state index < -0.39 is 0 Å². The minimum Gasteiger partial charge on any atom is -1.00 e. The van der Waals surface area contributed by atoms with Crippen LogP contribution in [0.1, 0.15) is 5.56 Å². The average Bonchev–Trinajstić information content (AvgIpc) is 3.43. The van der Waals surface area contributed by atoms with Crippen molar-refractivity contribution >= 4 is 0 Å². The summed E-state index contributed by atoms with van der Waals surface area (Å²) in [5, 5.41) is 4.60. The molecule has 0 aliphatic rings. The largest absolute Gasteiger partial charge is 1.00 e. The van der Waals surface area contributed by atoms with E-state index in [1.807, 2.05) is 29.2 Å². The van der Waals surface area contributed by atoms with Crippen molar-refractivity contribution in [2.75, 3.05) is 0 Å². The van der Waals surface area contributed by atoms with Crippen LogP contribution in [0, 0.1) is 0 Å². The van der Waals surface area contributed by atoms with Gasteiger partial charge in [0, 0.05) is 22.4 Å². The van der Waals surface area contributed by atoms with Gasteiger partial charge in [-0.2, -0.15) is 0 Å².